The molecule has 0 saturated carbocycles. The van der Waals surface area contributed by atoms with Crippen LogP contribution in [-0.2, 0) is 0 Å². The van der Waals surface area contributed by atoms with Crippen molar-refractivity contribution in [3.63, 3.8) is 0 Å². The summed E-state index contributed by atoms with van der Waals surface area (Å²) < 4.78 is 5.32. The van der Waals surface area contributed by atoms with Gasteiger partial charge in [0.1, 0.15) is 5.75 Å². The maximum atomic E-state index is 5.32. The minimum absolute atomic E-state index is 0.929. The van der Waals surface area contributed by atoms with E-state index < -0.39 is 0 Å². The zero-order valence-electron chi connectivity index (χ0n) is 10.0. The monoisotopic (exact) mass is 208 g/mol. The highest BCUT2D eigenvalue weighted by molar-refractivity contribution is 5.57. The lowest BCUT2D eigenvalue weighted by molar-refractivity contribution is 0.406. The number of ether oxygens (including phenoxy) is 1. The molecule has 0 aromatic heterocycles. The maximum Gasteiger partial charge on any atom is 0.142 e. The van der Waals surface area contributed by atoms with Crippen LogP contribution in [-0.4, -0.2) is 46.2 Å². The molecule has 1 aromatic rings. The summed E-state index contributed by atoms with van der Waals surface area (Å²) in [6, 6.07) is 8.09. The molecule has 0 spiro atoms. The molecule has 84 valence electrons. The van der Waals surface area contributed by atoms with Gasteiger partial charge < -0.3 is 14.5 Å². The van der Waals surface area contributed by atoms with E-state index in [0.29, 0.717) is 0 Å². The molecule has 1 rings (SSSR count). The average molecular weight is 208 g/mol. The van der Waals surface area contributed by atoms with Crippen LogP contribution in [0.2, 0.25) is 0 Å². The van der Waals surface area contributed by atoms with Crippen LogP contribution in [0.25, 0.3) is 0 Å². The predicted molar refractivity (Wildman–Crippen MR) is 64.8 cm³/mol. The van der Waals surface area contributed by atoms with Crippen molar-refractivity contribution < 1.29 is 4.74 Å². The van der Waals surface area contributed by atoms with Crippen molar-refractivity contribution in [2.45, 2.75) is 0 Å². The van der Waals surface area contributed by atoms with E-state index in [1.165, 1.54) is 0 Å². The summed E-state index contributed by atoms with van der Waals surface area (Å²) in [5, 5.41) is 0. The highest BCUT2D eigenvalue weighted by Crippen LogP contribution is 2.26. The smallest absolute Gasteiger partial charge is 0.142 e. The number of likely N-dealkylation sites (N-methyl/N-ethyl adjacent to an activating group) is 2. The molecule has 0 atom stereocenters. The lowest BCUT2D eigenvalue weighted by atomic mass is 10.2. The number of methoxy groups -OCH3 is 1. The van der Waals surface area contributed by atoms with Crippen LogP contribution >= 0.6 is 0 Å². The SMILES string of the molecule is COc1ccccc1N(C)CCN(C)C. The number of nitrogens with zero attached hydrogens (tertiary/aromatic N) is 2. The number of hydrogen-bond acceptors (Lipinski definition) is 3. The Kier molecular flexibility index (Phi) is 4.43. The lowest BCUT2D eigenvalue weighted by Gasteiger charge is -2.23. The fraction of sp³-hybridized carbons (Fsp3) is 0.500. The molecule has 0 amide bonds. The summed E-state index contributed by atoms with van der Waals surface area (Å²) in [6.07, 6.45) is 0. The summed E-state index contributed by atoms with van der Waals surface area (Å²) in [5.74, 6) is 0.929. The molecule has 0 N–H and O–H groups in total. The van der Waals surface area contributed by atoms with Crippen LogP contribution in [0.4, 0.5) is 5.69 Å². The molecule has 0 heterocycles. The molecule has 15 heavy (non-hydrogen) atoms. The Labute approximate surface area is 92.3 Å². The van der Waals surface area contributed by atoms with Gasteiger partial charge in [0, 0.05) is 20.1 Å². The van der Waals surface area contributed by atoms with E-state index in [-0.39, 0.29) is 0 Å². The predicted octanol–water partition coefficient (Wildman–Crippen LogP) is 1.69. The van der Waals surface area contributed by atoms with E-state index in [9.17, 15) is 0 Å². The van der Waals surface area contributed by atoms with Crippen molar-refractivity contribution in [2.24, 2.45) is 0 Å². The summed E-state index contributed by atoms with van der Waals surface area (Å²) in [7, 11) is 7.95. The topological polar surface area (TPSA) is 15.7 Å². The first kappa shape index (κ1) is 11.9. The van der Waals surface area contributed by atoms with Crippen LogP contribution in [0.1, 0.15) is 0 Å². The molecule has 0 fully saturated rings. The van der Waals surface area contributed by atoms with Gasteiger partial charge in [-0.3, -0.25) is 0 Å². The van der Waals surface area contributed by atoms with E-state index in [4.69, 9.17) is 4.74 Å². The fourth-order valence-electron chi connectivity index (χ4n) is 1.42. The second kappa shape index (κ2) is 5.61. The minimum atomic E-state index is 0.929. The van der Waals surface area contributed by atoms with Gasteiger partial charge in [0.15, 0.2) is 0 Å². The first-order valence-corrected chi connectivity index (χ1v) is 5.14. The standard InChI is InChI=1S/C12H20N2O/c1-13(2)9-10-14(3)11-7-5-6-8-12(11)15-4/h5-8H,9-10H2,1-4H3. The van der Waals surface area contributed by atoms with Gasteiger partial charge in [0.25, 0.3) is 0 Å². The Balaban J connectivity index is 2.68. The second-order valence-corrected chi connectivity index (χ2v) is 3.90. The van der Waals surface area contributed by atoms with Crippen molar-refractivity contribution in [3.05, 3.63) is 24.3 Å². The van der Waals surface area contributed by atoms with Gasteiger partial charge in [0.2, 0.25) is 0 Å². The summed E-state index contributed by atoms with van der Waals surface area (Å²) in [6.45, 7) is 2.03. The van der Waals surface area contributed by atoms with Gasteiger partial charge in [-0.1, -0.05) is 12.1 Å². The van der Waals surface area contributed by atoms with E-state index in [1.807, 2.05) is 18.2 Å². The van der Waals surface area contributed by atoms with Crippen LogP contribution < -0.4 is 9.64 Å². The molecule has 0 aliphatic rings. The second-order valence-electron chi connectivity index (χ2n) is 3.90. The Morgan fingerprint density at radius 3 is 2.33 bits per heavy atom. The summed E-state index contributed by atoms with van der Waals surface area (Å²) in [5.41, 5.74) is 1.14. The molecule has 0 saturated heterocycles. The molecule has 3 heteroatoms. The highest BCUT2D eigenvalue weighted by atomic mass is 16.5. The van der Waals surface area contributed by atoms with Gasteiger partial charge in [0.05, 0.1) is 12.8 Å². The number of rotatable bonds is 5. The minimum Gasteiger partial charge on any atom is -0.495 e. The van der Waals surface area contributed by atoms with E-state index in [2.05, 4.69) is 37.0 Å². The number of para-hydroxylation sites is 2. The van der Waals surface area contributed by atoms with Crippen molar-refractivity contribution in [1.29, 1.82) is 0 Å². The summed E-state index contributed by atoms with van der Waals surface area (Å²) in [4.78, 5) is 4.38. The van der Waals surface area contributed by atoms with Crippen LogP contribution in [0.3, 0.4) is 0 Å². The molecule has 0 aliphatic heterocycles. The van der Waals surface area contributed by atoms with Crippen molar-refractivity contribution >= 4 is 5.69 Å². The lowest BCUT2D eigenvalue weighted by Crippen LogP contribution is -2.28. The third-order valence-electron chi connectivity index (χ3n) is 2.38. The van der Waals surface area contributed by atoms with E-state index >= 15 is 0 Å². The Morgan fingerprint density at radius 2 is 1.73 bits per heavy atom. The van der Waals surface area contributed by atoms with Crippen molar-refractivity contribution in [2.75, 3.05) is 46.2 Å². The van der Waals surface area contributed by atoms with Gasteiger partial charge in [-0.25, -0.2) is 0 Å². The van der Waals surface area contributed by atoms with Gasteiger partial charge in [-0.05, 0) is 26.2 Å². The first-order valence-electron chi connectivity index (χ1n) is 5.14. The highest BCUT2D eigenvalue weighted by Gasteiger charge is 2.06. The quantitative estimate of drug-likeness (QED) is 0.732. The van der Waals surface area contributed by atoms with Gasteiger partial charge in [-0.15, -0.1) is 0 Å². The van der Waals surface area contributed by atoms with Crippen LogP contribution in [0.5, 0.6) is 5.75 Å². The molecule has 1 aromatic carbocycles. The molecule has 0 radical (unpaired) electrons. The van der Waals surface area contributed by atoms with Crippen molar-refractivity contribution in [3.8, 4) is 5.75 Å². The normalized spacial score (nSPS) is 10.5. The van der Waals surface area contributed by atoms with Crippen LogP contribution in [0, 0.1) is 0 Å². The number of benzene rings is 1. The first-order chi connectivity index (χ1) is 7.15. The van der Waals surface area contributed by atoms with Crippen molar-refractivity contribution in [1.82, 2.24) is 4.90 Å². The third-order valence-corrected chi connectivity index (χ3v) is 2.38. The Morgan fingerprint density at radius 1 is 1.07 bits per heavy atom. The summed E-state index contributed by atoms with van der Waals surface area (Å²) >= 11 is 0. The third kappa shape index (κ3) is 3.44. The fourth-order valence-corrected chi connectivity index (χ4v) is 1.42. The zero-order chi connectivity index (χ0) is 11.3. The molecular weight excluding hydrogens is 188 g/mol. The Bertz CT molecular complexity index is 299. The van der Waals surface area contributed by atoms with E-state index in [1.54, 1.807) is 7.11 Å². The molecule has 0 unspecified atom stereocenters. The number of hydrogen-bond donors (Lipinski definition) is 0. The molecule has 3 nitrogen and oxygen atoms in total. The molecular formula is C12H20N2O. The van der Waals surface area contributed by atoms with E-state index in [0.717, 1.165) is 24.5 Å². The average Bonchev–Trinajstić information content (AvgIpc) is 2.25. The van der Waals surface area contributed by atoms with Gasteiger partial charge >= 0.3 is 0 Å². The molecule has 0 bridgehead atoms. The molecule has 0 aliphatic carbocycles. The number of anilines is 1. The van der Waals surface area contributed by atoms with Gasteiger partial charge in [-0.2, -0.15) is 0 Å². The Hall–Kier alpha value is -1.22. The maximum absolute atomic E-state index is 5.32. The zero-order valence-corrected chi connectivity index (χ0v) is 10.0. The largest absolute Gasteiger partial charge is 0.495 e. The van der Waals surface area contributed by atoms with Crippen LogP contribution in [0.15, 0.2) is 24.3 Å².